The standard InChI is InChI=1S/C22H26N4O3S/c1-17(2)22(27)25-19-9-11-20(12-10-19)30(28,29)24-13-6-15-26-16-14-23-21(26)18-7-4-3-5-8-18/h3-5,7-12,14,16-17,24H,6,13,15H2,1-2H3,(H,25,27). The summed E-state index contributed by atoms with van der Waals surface area (Å²) in [5.74, 6) is 0.601. The molecule has 8 heteroatoms. The molecule has 0 saturated carbocycles. The SMILES string of the molecule is CC(C)C(=O)Nc1ccc(S(=O)(=O)NCCCn2ccnc2-c2ccccc2)cc1. The van der Waals surface area contributed by atoms with Gasteiger partial charge in [-0.1, -0.05) is 44.2 Å². The molecule has 0 bridgehead atoms. The van der Waals surface area contributed by atoms with Crippen molar-refractivity contribution in [2.24, 2.45) is 5.92 Å². The third kappa shape index (κ3) is 5.55. The largest absolute Gasteiger partial charge is 0.331 e. The number of sulfonamides is 1. The van der Waals surface area contributed by atoms with E-state index in [2.05, 4.69) is 15.0 Å². The van der Waals surface area contributed by atoms with E-state index in [4.69, 9.17) is 0 Å². The summed E-state index contributed by atoms with van der Waals surface area (Å²) in [6.07, 6.45) is 4.26. The number of aromatic nitrogens is 2. The van der Waals surface area contributed by atoms with Crippen LogP contribution in [0.3, 0.4) is 0 Å². The average molecular weight is 427 g/mol. The number of benzene rings is 2. The van der Waals surface area contributed by atoms with E-state index in [0.29, 0.717) is 25.2 Å². The van der Waals surface area contributed by atoms with Crippen molar-refractivity contribution in [2.75, 3.05) is 11.9 Å². The molecule has 0 aliphatic rings. The van der Waals surface area contributed by atoms with Crippen molar-refractivity contribution in [1.29, 1.82) is 0 Å². The van der Waals surface area contributed by atoms with Gasteiger partial charge in [-0.2, -0.15) is 0 Å². The van der Waals surface area contributed by atoms with Gasteiger partial charge in [0.1, 0.15) is 5.82 Å². The number of imidazole rings is 1. The number of nitrogens with one attached hydrogen (secondary N) is 2. The Bertz CT molecular complexity index is 1080. The molecule has 1 heterocycles. The van der Waals surface area contributed by atoms with Crippen molar-refractivity contribution in [1.82, 2.24) is 14.3 Å². The van der Waals surface area contributed by atoms with Crippen molar-refractivity contribution in [3.8, 4) is 11.4 Å². The van der Waals surface area contributed by atoms with Crippen LogP contribution >= 0.6 is 0 Å². The second-order valence-corrected chi connectivity index (χ2v) is 9.00. The maximum atomic E-state index is 12.5. The average Bonchev–Trinajstić information content (AvgIpc) is 3.21. The van der Waals surface area contributed by atoms with E-state index in [1.807, 2.05) is 41.1 Å². The molecule has 0 unspecified atom stereocenters. The molecule has 2 aromatic carbocycles. The molecular weight excluding hydrogens is 400 g/mol. The number of rotatable bonds is 9. The van der Waals surface area contributed by atoms with Gasteiger partial charge in [-0.05, 0) is 30.7 Å². The molecule has 0 aliphatic carbocycles. The van der Waals surface area contributed by atoms with Crippen LogP contribution in [0.1, 0.15) is 20.3 Å². The monoisotopic (exact) mass is 426 g/mol. The summed E-state index contributed by atoms with van der Waals surface area (Å²) in [5.41, 5.74) is 1.59. The molecule has 0 radical (unpaired) electrons. The van der Waals surface area contributed by atoms with Crippen LogP contribution in [-0.4, -0.2) is 30.4 Å². The first kappa shape index (κ1) is 21.7. The molecule has 3 rings (SSSR count). The fourth-order valence-electron chi connectivity index (χ4n) is 2.88. The van der Waals surface area contributed by atoms with Crippen molar-refractivity contribution >= 4 is 21.6 Å². The first-order valence-corrected chi connectivity index (χ1v) is 11.3. The van der Waals surface area contributed by atoms with Crippen molar-refractivity contribution in [2.45, 2.75) is 31.7 Å². The van der Waals surface area contributed by atoms with E-state index < -0.39 is 10.0 Å². The Morgan fingerprint density at radius 2 is 1.77 bits per heavy atom. The Morgan fingerprint density at radius 3 is 2.43 bits per heavy atom. The van der Waals surface area contributed by atoms with Gasteiger partial charge in [-0.15, -0.1) is 0 Å². The Labute approximate surface area is 177 Å². The fourth-order valence-corrected chi connectivity index (χ4v) is 3.95. The van der Waals surface area contributed by atoms with Gasteiger partial charge < -0.3 is 9.88 Å². The van der Waals surface area contributed by atoms with Crippen LogP contribution in [0.4, 0.5) is 5.69 Å². The lowest BCUT2D eigenvalue weighted by Gasteiger charge is -2.11. The molecule has 1 amide bonds. The molecule has 2 N–H and O–H groups in total. The highest BCUT2D eigenvalue weighted by Gasteiger charge is 2.14. The van der Waals surface area contributed by atoms with E-state index in [0.717, 1.165) is 11.4 Å². The van der Waals surface area contributed by atoms with Crippen molar-refractivity contribution in [3.63, 3.8) is 0 Å². The van der Waals surface area contributed by atoms with Gasteiger partial charge in [0, 0.05) is 42.7 Å². The van der Waals surface area contributed by atoms with Gasteiger partial charge in [0.25, 0.3) is 0 Å². The zero-order valence-corrected chi connectivity index (χ0v) is 17.9. The molecular formula is C22H26N4O3S. The van der Waals surface area contributed by atoms with Gasteiger partial charge >= 0.3 is 0 Å². The molecule has 1 aromatic heterocycles. The number of hydrogen-bond acceptors (Lipinski definition) is 4. The van der Waals surface area contributed by atoms with Crippen LogP contribution in [0.5, 0.6) is 0 Å². The van der Waals surface area contributed by atoms with Gasteiger partial charge in [-0.25, -0.2) is 18.1 Å². The molecule has 158 valence electrons. The number of nitrogens with zero attached hydrogens (tertiary/aromatic N) is 2. The van der Waals surface area contributed by atoms with Gasteiger partial charge in [0.15, 0.2) is 0 Å². The van der Waals surface area contributed by atoms with Crippen LogP contribution in [0.2, 0.25) is 0 Å². The summed E-state index contributed by atoms with van der Waals surface area (Å²) in [4.78, 5) is 16.3. The number of carbonyl (C=O) groups is 1. The number of aryl methyl sites for hydroxylation is 1. The summed E-state index contributed by atoms with van der Waals surface area (Å²) in [6.45, 7) is 4.54. The molecule has 0 saturated heterocycles. The highest BCUT2D eigenvalue weighted by Crippen LogP contribution is 2.17. The topological polar surface area (TPSA) is 93.1 Å². The third-order valence-corrected chi connectivity index (χ3v) is 6.05. The normalized spacial score (nSPS) is 11.6. The maximum Gasteiger partial charge on any atom is 0.240 e. The second kappa shape index (κ2) is 9.69. The Morgan fingerprint density at radius 1 is 1.07 bits per heavy atom. The lowest BCUT2D eigenvalue weighted by Crippen LogP contribution is -2.25. The molecule has 7 nitrogen and oxygen atoms in total. The van der Waals surface area contributed by atoms with Crippen LogP contribution in [0.25, 0.3) is 11.4 Å². The van der Waals surface area contributed by atoms with Gasteiger partial charge in [0.2, 0.25) is 15.9 Å². The molecule has 0 atom stereocenters. The number of carbonyl (C=O) groups excluding carboxylic acids is 1. The number of hydrogen-bond donors (Lipinski definition) is 2. The molecule has 0 aliphatic heterocycles. The Hall–Kier alpha value is -2.97. The first-order valence-electron chi connectivity index (χ1n) is 9.84. The Balaban J connectivity index is 1.54. The van der Waals surface area contributed by atoms with Crippen LogP contribution < -0.4 is 10.0 Å². The van der Waals surface area contributed by atoms with Crippen LogP contribution in [-0.2, 0) is 21.4 Å². The number of anilines is 1. The van der Waals surface area contributed by atoms with Crippen molar-refractivity contribution < 1.29 is 13.2 Å². The van der Waals surface area contributed by atoms with Gasteiger partial charge in [-0.3, -0.25) is 4.79 Å². The van der Waals surface area contributed by atoms with E-state index >= 15 is 0 Å². The number of amides is 1. The second-order valence-electron chi connectivity index (χ2n) is 7.23. The van der Waals surface area contributed by atoms with E-state index in [-0.39, 0.29) is 16.7 Å². The summed E-state index contributed by atoms with van der Waals surface area (Å²) >= 11 is 0. The summed E-state index contributed by atoms with van der Waals surface area (Å²) < 4.78 is 29.6. The van der Waals surface area contributed by atoms with Crippen LogP contribution in [0.15, 0.2) is 71.9 Å². The van der Waals surface area contributed by atoms with E-state index in [9.17, 15) is 13.2 Å². The predicted molar refractivity (Wildman–Crippen MR) is 117 cm³/mol. The lowest BCUT2D eigenvalue weighted by atomic mass is 10.2. The molecule has 0 fully saturated rings. The summed E-state index contributed by atoms with van der Waals surface area (Å²) in [7, 11) is -3.61. The quantitative estimate of drug-likeness (QED) is 0.512. The summed E-state index contributed by atoms with van der Waals surface area (Å²) in [6, 6.07) is 16.0. The molecule has 0 spiro atoms. The minimum absolute atomic E-state index is 0.113. The molecule has 30 heavy (non-hydrogen) atoms. The predicted octanol–water partition coefficient (Wildman–Crippen LogP) is 3.51. The first-order chi connectivity index (χ1) is 14.4. The third-order valence-electron chi connectivity index (χ3n) is 4.57. The maximum absolute atomic E-state index is 12.5. The zero-order valence-electron chi connectivity index (χ0n) is 17.1. The minimum Gasteiger partial charge on any atom is -0.331 e. The highest BCUT2D eigenvalue weighted by atomic mass is 32.2. The van der Waals surface area contributed by atoms with E-state index in [1.54, 1.807) is 32.2 Å². The smallest absolute Gasteiger partial charge is 0.240 e. The molecule has 3 aromatic rings. The lowest BCUT2D eigenvalue weighted by molar-refractivity contribution is -0.118. The highest BCUT2D eigenvalue weighted by molar-refractivity contribution is 7.89. The minimum atomic E-state index is -3.61. The summed E-state index contributed by atoms with van der Waals surface area (Å²) in [5, 5.41) is 2.74. The van der Waals surface area contributed by atoms with Crippen LogP contribution in [0, 0.1) is 5.92 Å². The van der Waals surface area contributed by atoms with Gasteiger partial charge in [0.05, 0.1) is 4.90 Å². The van der Waals surface area contributed by atoms with E-state index in [1.165, 1.54) is 12.1 Å². The Kier molecular flexibility index (Phi) is 7.02. The zero-order chi connectivity index (χ0) is 21.6. The fraction of sp³-hybridized carbons (Fsp3) is 0.273. The van der Waals surface area contributed by atoms with Crippen molar-refractivity contribution in [3.05, 3.63) is 67.0 Å².